The average molecular weight is 184 g/mol. The summed E-state index contributed by atoms with van der Waals surface area (Å²) in [6, 6.07) is 0. The Morgan fingerprint density at radius 3 is 2.15 bits per heavy atom. The van der Waals surface area contributed by atoms with E-state index in [0.29, 0.717) is 0 Å². The van der Waals surface area contributed by atoms with Gasteiger partial charge in [-0.05, 0) is 20.8 Å². The van der Waals surface area contributed by atoms with Crippen LogP contribution in [0.2, 0.25) is 0 Å². The number of H-pyrrole nitrogens is 1. The third kappa shape index (κ3) is 10.7. The number of carbonyl (C=O) groups is 1. The van der Waals surface area contributed by atoms with Crippen LogP contribution >= 0.6 is 0 Å². The minimum Gasteiger partial charge on any atom is -0.460 e. The maximum Gasteiger partial charge on any atom is 0.303 e. The zero-order valence-corrected chi connectivity index (χ0v) is 8.50. The average Bonchev–Trinajstić information content (AvgIpc) is 2.33. The highest BCUT2D eigenvalue weighted by Crippen LogP contribution is 2.05. The van der Waals surface area contributed by atoms with Gasteiger partial charge in [-0.1, -0.05) is 0 Å². The van der Waals surface area contributed by atoms with Gasteiger partial charge in [0.1, 0.15) is 5.60 Å². The molecule has 1 aromatic heterocycles. The van der Waals surface area contributed by atoms with Crippen LogP contribution in [0.3, 0.4) is 0 Å². The first-order valence-corrected chi connectivity index (χ1v) is 4.04. The normalized spacial score (nSPS) is 9.85. The minimum absolute atomic E-state index is 0.225. The molecule has 0 amide bonds. The van der Waals surface area contributed by atoms with Crippen molar-refractivity contribution >= 4 is 5.97 Å². The van der Waals surface area contributed by atoms with Crippen LogP contribution in [0.4, 0.5) is 0 Å². The molecule has 0 saturated carbocycles. The van der Waals surface area contributed by atoms with Gasteiger partial charge in [0.05, 0.1) is 6.33 Å². The SMILES string of the molecule is CC(=O)OC(C)(C)C.c1c[nH]cn1. The van der Waals surface area contributed by atoms with Crippen molar-refractivity contribution in [3.8, 4) is 0 Å². The lowest BCUT2D eigenvalue weighted by Crippen LogP contribution is -2.21. The number of aromatic nitrogens is 2. The third-order valence-electron chi connectivity index (χ3n) is 0.856. The molecular weight excluding hydrogens is 168 g/mol. The first kappa shape index (κ1) is 11.7. The Labute approximate surface area is 78.3 Å². The molecule has 13 heavy (non-hydrogen) atoms. The summed E-state index contributed by atoms with van der Waals surface area (Å²) in [6.07, 6.45) is 5.08. The molecule has 0 bridgehead atoms. The van der Waals surface area contributed by atoms with Gasteiger partial charge in [-0.2, -0.15) is 0 Å². The monoisotopic (exact) mass is 184 g/mol. The van der Waals surface area contributed by atoms with Gasteiger partial charge in [0.2, 0.25) is 0 Å². The van der Waals surface area contributed by atoms with E-state index in [1.54, 1.807) is 18.7 Å². The van der Waals surface area contributed by atoms with Gasteiger partial charge in [0.25, 0.3) is 0 Å². The van der Waals surface area contributed by atoms with Crippen LogP contribution in [0.25, 0.3) is 0 Å². The first-order chi connectivity index (χ1) is 5.92. The fraction of sp³-hybridized carbons (Fsp3) is 0.556. The van der Waals surface area contributed by atoms with E-state index in [9.17, 15) is 4.79 Å². The molecular formula is C9H16N2O2. The van der Waals surface area contributed by atoms with Crippen LogP contribution in [-0.4, -0.2) is 21.5 Å². The number of rotatable bonds is 0. The number of esters is 1. The number of hydrogen-bond donors (Lipinski definition) is 1. The van der Waals surface area contributed by atoms with Gasteiger partial charge in [0.15, 0.2) is 0 Å². The molecule has 1 heterocycles. The Kier molecular flexibility index (Phi) is 4.80. The van der Waals surface area contributed by atoms with E-state index in [4.69, 9.17) is 4.74 Å². The topological polar surface area (TPSA) is 55.0 Å². The summed E-state index contributed by atoms with van der Waals surface area (Å²) >= 11 is 0. The largest absolute Gasteiger partial charge is 0.460 e. The maximum atomic E-state index is 10.2. The Morgan fingerprint density at radius 1 is 1.46 bits per heavy atom. The number of nitrogens with zero attached hydrogens (tertiary/aromatic N) is 1. The molecule has 0 aromatic carbocycles. The fourth-order valence-corrected chi connectivity index (χ4v) is 0.646. The van der Waals surface area contributed by atoms with Crippen LogP contribution in [0, 0.1) is 0 Å². The van der Waals surface area contributed by atoms with E-state index in [-0.39, 0.29) is 11.6 Å². The number of carbonyl (C=O) groups excluding carboxylic acids is 1. The summed E-state index contributed by atoms with van der Waals surface area (Å²) in [5.74, 6) is -0.225. The molecule has 1 rings (SSSR count). The molecule has 4 nitrogen and oxygen atoms in total. The Bertz CT molecular complexity index is 207. The molecule has 0 saturated heterocycles. The molecule has 1 N–H and O–H groups in total. The number of imidazole rings is 1. The van der Waals surface area contributed by atoms with E-state index >= 15 is 0 Å². The van der Waals surface area contributed by atoms with Gasteiger partial charge in [0, 0.05) is 19.3 Å². The molecule has 0 atom stereocenters. The summed E-state index contributed by atoms with van der Waals surface area (Å²) in [5, 5.41) is 0. The Hall–Kier alpha value is -1.32. The molecule has 0 fully saturated rings. The summed E-state index contributed by atoms with van der Waals surface area (Å²) < 4.78 is 4.80. The summed E-state index contributed by atoms with van der Waals surface area (Å²) in [4.78, 5) is 16.7. The van der Waals surface area contributed by atoms with E-state index in [0.717, 1.165) is 0 Å². The number of ether oxygens (including phenoxy) is 1. The van der Waals surface area contributed by atoms with Crippen LogP contribution in [0.5, 0.6) is 0 Å². The molecule has 0 radical (unpaired) electrons. The summed E-state index contributed by atoms with van der Waals surface area (Å²) in [7, 11) is 0. The lowest BCUT2D eigenvalue weighted by molar-refractivity contribution is -0.151. The standard InChI is InChI=1S/C6H12O2.C3H4N2/c1-5(7)8-6(2,3)4;1-2-5-3-4-1/h1-4H3;1-3H,(H,4,5). The predicted octanol–water partition coefficient (Wildman–Crippen LogP) is 1.76. The molecule has 0 unspecified atom stereocenters. The molecule has 0 spiro atoms. The summed E-state index contributed by atoms with van der Waals surface area (Å²) in [5.41, 5.74) is -0.328. The van der Waals surface area contributed by atoms with Crippen LogP contribution in [-0.2, 0) is 9.53 Å². The second-order valence-electron chi connectivity index (χ2n) is 3.47. The van der Waals surface area contributed by atoms with E-state index in [2.05, 4.69) is 9.97 Å². The van der Waals surface area contributed by atoms with Gasteiger partial charge in [-0.3, -0.25) is 4.79 Å². The van der Waals surface area contributed by atoms with Gasteiger partial charge < -0.3 is 9.72 Å². The molecule has 1 aromatic rings. The first-order valence-electron chi connectivity index (χ1n) is 4.04. The van der Waals surface area contributed by atoms with Crippen molar-refractivity contribution in [2.45, 2.75) is 33.3 Å². The molecule has 4 heteroatoms. The lowest BCUT2D eigenvalue weighted by Gasteiger charge is -2.17. The molecule has 0 aliphatic heterocycles. The van der Waals surface area contributed by atoms with E-state index < -0.39 is 0 Å². The van der Waals surface area contributed by atoms with Crippen LogP contribution in [0.15, 0.2) is 18.7 Å². The van der Waals surface area contributed by atoms with Crippen molar-refractivity contribution in [3.63, 3.8) is 0 Å². The quantitative estimate of drug-likeness (QED) is 0.625. The molecule has 74 valence electrons. The lowest BCUT2D eigenvalue weighted by atomic mass is 10.2. The second kappa shape index (κ2) is 5.35. The predicted molar refractivity (Wildman–Crippen MR) is 50.1 cm³/mol. The second-order valence-corrected chi connectivity index (χ2v) is 3.47. The van der Waals surface area contributed by atoms with Crippen molar-refractivity contribution in [1.82, 2.24) is 9.97 Å². The van der Waals surface area contributed by atoms with Gasteiger partial charge in [-0.25, -0.2) is 4.98 Å². The van der Waals surface area contributed by atoms with E-state index in [1.807, 2.05) is 20.8 Å². The fourth-order valence-electron chi connectivity index (χ4n) is 0.646. The summed E-state index contributed by atoms with van der Waals surface area (Å²) in [6.45, 7) is 6.93. The van der Waals surface area contributed by atoms with Crippen molar-refractivity contribution in [1.29, 1.82) is 0 Å². The van der Waals surface area contributed by atoms with Crippen LogP contribution < -0.4 is 0 Å². The highest BCUT2D eigenvalue weighted by molar-refractivity contribution is 5.66. The highest BCUT2D eigenvalue weighted by Gasteiger charge is 2.11. The number of hydrogen-bond acceptors (Lipinski definition) is 3. The van der Waals surface area contributed by atoms with Crippen LogP contribution in [0.1, 0.15) is 27.7 Å². The van der Waals surface area contributed by atoms with Crippen molar-refractivity contribution in [3.05, 3.63) is 18.7 Å². The van der Waals surface area contributed by atoms with Crippen molar-refractivity contribution < 1.29 is 9.53 Å². The molecule has 0 aliphatic rings. The molecule has 0 aliphatic carbocycles. The minimum atomic E-state index is -0.328. The van der Waals surface area contributed by atoms with Crippen molar-refractivity contribution in [2.75, 3.05) is 0 Å². The smallest absolute Gasteiger partial charge is 0.303 e. The highest BCUT2D eigenvalue weighted by atomic mass is 16.6. The van der Waals surface area contributed by atoms with Gasteiger partial charge in [-0.15, -0.1) is 0 Å². The number of aromatic amines is 1. The maximum absolute atomic E-state index is 10.2. The zero-order valence-electron chi connectivity index (χ0n) is 8.50. The van der Waals surface area contributed by atoms with Gasteiger partial charge >= 0.3 is 5.97 Å². The van der Waals surface area contributed by atoms with E-state index in [1.165, 1.54) is 6.92 Å². The van der Waals surface area contributed by atoms with Crippen molar-refractivity contribution in [2.24, 2.45) is 0 Å². The Balaban J connectivity index is 0.000000243. The Morgan fingerprint density at radius 2 is 2.08 bits per heavy atom. The number of nitrogens with one attached hydrogen (secondary N) is 1. The third-order valence-corrected chi connectivity index (χ3v) is 0.856. The zero-order chi connectivity index (χ0) is 10.3.